The van der Waals surface area contributed by atoms with Crippen LogP contribution in [0.1, 0.15) is 40.2 Å². The summed E-state index contributed by atoms with van der Waals surface area (Å²) >= 11 is 6.27. The number of rotatable bonds is 2. The van der Waals surface area contributed by atoms with E-state index >= 15 is 0 Å². The first kappa shape index (κ1) is 20.3. The molecule has 1 unspecified atom stereocenters. The number of amides is 1. The van der Waals surface area contributed by atoms with E-state index in [1.54, 1.807) is 12.1 Å². The van der Waals surface area contributed by atoms with E-state index in [0.29, 0.717) is 18.7 Å². The fourth-order valence-electron chi connectivity index (χ4n) is 4.96. The van der Waals surface area contributed by atoms with Crippen LogP contribution >= 0.6 is 11.6 Å². The van der Waals surface area contributed by atoms with Crippen LogP contribution in [0.25, 0.3) is 0 Å². The van der Waals surface area contributed by atoms with Crippen molar-refractivity contribution in [2.75, 3.05) is 26.7 Å². The Kier molecular flexibility index (Phi) is 5.36. The van der Waals surface area contributed by atoms with Crippen LogP contribution in [0.15, 0.2) is 52.7 Å². The second-order valence-corrected chi connectivity index (χ2v) is 9.07. The smallest absolute Gasteiger partial charge is 0.253 e. The Morgan fingerprint density at radius 3 is 2.55 bits per heavy atom. The number of hydrogen-bond donors (Lipinski definition) is 0. The highest BCUT2D eigenvalue weighted by atomic mass is 35.5. The van der Waals surface area contributed by atoms with Gasteiger partial charge >= 0.3 is 0 Å². The standard InChI is InChI=1S/C24H24ClFN4O/c1-29-13-17-12-18(25)4-7-20(17)22-21(14-29)27-28-23(22)15-8-10-30(11-9-15)24(31)16-2-5-19(26)6-3-16/h2-7,12,15,22H,8-11,13-14H2,1H3. The number of carbonyl (C=O) groups excluding carboxylic acids is 1. The van der Waals surface area contributed by atoms with Crippen LogP contribution < -0.4 is 0 Å². The molecule has 2 aromatic rings. The molecule has 2 aromatic carbocycles. The molecule has 1 fully saturated rings. The van der Waals surface area contributed by atoms with Crippen molar-refractivity contribution in [2.45, 2.75) is 25.3 Å². The van der Waals surface area contributed by atoms with E-state index < -0.39 is 0 Å². The van der Waals surface area contributed by atoms with E-state index in [1.807, 2.05) is 11.0 Å². The average molecular weight is 439 g/mol. The molecule has 0 N–H and O–H groups in total. The van der Waals surface area contributed by atoms with E-state index in [2.05, 4.69) is 34.3 Å². The van der Waals surface area contributed by atoms with Crippen molar-refractivity contribution in [2.24, 2.45) is 16.1 Å². The molecule has 0 radical (unpaired) electrons. The van der Waals surface area contributed by atoms with Crippen molar-refractivity contribution in [3.63, 3.8) is 0 Å². The highest BCUT2D eigenvalue weighted by Crippen LogP contribution is 2.37. The van der Waals surface area contributed by atoms with E-state index in [1.165, 1.54) is 23.3 Å². The molecule has 5 rings (SSSR count). The lowest BCUT2D eigenvalue weighted by Gasteiger charge is -2.33. The van der Waals surface area contributed by atoms with E-state index in [0.717, 1.165) is 42.4 Å². The van der Waals surface area contributed by atoms with Crippen LogP contribution in [0, 0.1) is 11.7 Å². The first-order valence-electron chi connectivity index (χ1n) is 10.7. The van der Waals surface area contributed by atoms with Crippen molar-refractivity contribution in [3.05, 3.63) is 70.0 Å². The number of benzene rings is 2. The van der Waals surface area contributed by atoms with Crippen molar-refractivity contribution in [3.8, 4) is 0 Å². The SMILES string of the molecule is CN1CC2=NN=C(C3CCN(C(=O)c4ccc(F)cc4)CC3)C2c2ccc(Cl)cc2C1. The van der Waals surface area contributed by atoms with E-state index in [-0.39, 0.29) is 23.6 Å². The number of nitrogens with zero attached hydrogens (tertiary/aromatic N) is 4. The first-order chi connectivity index (χ1) is 15.0. The molecule has 1 saturated heterocycles. The van der Waals surface area contributed by atoms with Crippen LogP contribution in [-0.4, -0.2) is 53.8 Å². The Balaban J connectivity index is 1.33. The number of fused-ring (bicyclic) bond motifs is 3. The largest absolute Gasteiger partial charge is 0.339 e. The zero-order chi connectivity index (χ0) is 21.5. The predicted molar refractivity (Wildman–Crippen MR) is 120 cm³/mol. The van der Waals surface area contributed by atoms with Gasteiger partial charge in [-0.25, -0.2) is 4.39 Å². The van der Waals surface area contributed by atoms with E-state index in [9.17, 15) is 9.18 Å². The summed E-state index contributed by atoms with van der Waals surface area (Å²) in [6.45, 7) is 2.94. The second kappa shape index (κ2) is 8.17. The number of halogens is 2. The summed E-state index contributed by atoms with van der Waals surface area (Å²) in [4.78, 5) is 16.9. The molecule has 31 heavy (non-hydrogen) atoms. The molecule has 0 aromatic heterocycles. The molecule has 0 bridgehead atoms. The second-order valence-electron chi connectivity index (χ2n) is 8.64. The molecule has 7 heteroatoms. The quantitative estimate of drug-likeness (QED) is 0.699. The van der Waals surface area contributed by atoms with Gasteiger partial charge in [0.25, 0.3) is 5.91 Å². The number of carbonyl (C=O) groups is 1. The van der Waals surface area contributed by atoms with Crippen molar-refractivity contribution >= 4 is 28.9 Å². The molecule has 3 aliphatic heterocycles. The third kappa shape index (κ3) is 3.90. The third-order valence-corrected chi connectivity index (χ3v) is 6.74. The normalized spacial score (nSPS) is 21.8. The molecule has 0 spiro atoms. The lowest BCUT2D eigenvalue weighted by Crippen LogP contribution is -2.41. The topological polar surface area (TPSA) is 48.3 Å². The average Bonchev–Trinajstić information content (AvgIpc) is 3.11. The lowest BCUT2D eigenvalue weighted by atomic mass is 9.79. The van der Waals surface area contributed by atoms with Crippen LogP contribution in [0.2, 0.25) is 5.02 Å². The third-order valence-electron chi connectivity index (χ3n) is 6.50. The van der Waals surface area contributed by atoms with Gasteiger partial charge in [-0.3, -0.25) is 9.69 Å². The predicted octanol–water partition coefficient (Wildman–Crippen LogP) is 4.37. The van der Waals surface area contributed by atoms with Crippen molar-refractivity contribution < 1.29 is 9.18 Å². The summed E-state index contributed by atoms with van der Waals surface area (Å²) in [5, 5.41) is 9.96. The van der Waals surface area contributed by atoms with Crippen LogP contribution in [0.5, 0.6) is 0 Å². The van der Waals surface area contributed by atoms with Gasteiger partial charge < -0.3 is 4.90 Å². The minimum absolute atomic E-state index is 0.0418. The van der Waals surface area contributed by atoms with Gasteiger partial charge in [0, 0.05) is 42.7 Å². The van der Waals surface area contributed by atoms with Gasteiger partial charge in [-0.1, -0.05) is 17.7 Å². The summed E-state index contributed by atoms with van der Waals surface area (Å²) in [5.41, 5.74) is 5.20. The molecular weight excluding hydrogens is 415 g/mol. The van der Waals surface area contributed by atoms with Crippen molar-refractivity contribution in [1.29, 1.82) is 0 Å². The molecule has 0 saturated carbocycles. The number of piperidine rings is 1. The summed E-state index contributed by atoms with van der Waals surface area (Å²) in [7, 11) is 2.09. The fraction of sp³-hybridized carbons (Fsp3) is 0.375. The molecule has 5 nitrogen and oxygen atoms in total. The van der Waals surface area contributed by atoms with Crippen LogP contribution in [0.3, 0.4) is 0 Å². The molecule has 160 valence electrons. The highest BCUT2D eigenvalue weighted by Gasteiger charge is 2.38. The molecule has 3 aliphatic rings. The zero-order valence-corrected chi connectivity index (χ0v) is 18.1. The highest BCUT2D eigenvalue weighted by molar-refractivity contribution is 6.30. The Morgan fingerprint density at radius 1 is 1.06 bits per heavy atom. The van der Waals surface area contributed by atoms with Gasteiger partial charge in [-0.05, 0) is 67.4 Å². The maximum atomic E-state index is 13.2. The van der Waals surface area contributed by atoms with Crippen molar-refractivity contribution in [1.82, 2.24) is 9.80 Å². The van der Waals surface area contributed by atoms with Gasteiger partial charge in [-0.15, -0.1) is 0 Å². The Labute approximate surface area is 186 Å². The minimum atomic E-state index is -0.332. The Hall–Kier alpha value is -2.57. The number of hydrogen-bond acceptors (Lipinski definition) is 4. The van der Waals surface area contributed by atoms with Gasteiger partial charge in [0.05, 0.1) is 17.3 Å². The summed E-state index contributed by atoms with van der Waals surface area (Å²) in [6.07, 6.45) is 1.70. The fourth-order valence-corrected chi connectivity index (χ4v) is 5.15. The lowest BCUT2D eigenvalue weighted by molar-refractivity contribution is 0.0709. The molecular formula is C24H24ClFN4O. The summed E-state index contributed by atoms with van der Waals surface area (Å²) in [6, 6.07) is 11.9. The zero-order valence-electron chi connectivity index (χ0n) is 17.4. The molecule has 1 atom stereocenters. The maximum Gasteiger partial charge on any atom is 0.253 e. The first-order valence-corrected chi connectivity index (χ1v) is 11.0. The maximum absolute atomic E-state index is 13.2. The van der Waals surface area contributed by atoms with Gasteiger partial charge in [-0.2, -0.15) is 10.2 Å². The molecule has 0 aliphatic carbocycles. The van der Waals surface area contributed by atoms with Gasteiger partial charge in [0.1, 0.15) is 5.82 Å². The van der Waals surface area contributed by atoms with Crippen LogP contribution in [-0.2, 0) is 6.54 Å². The van der Waals surface area contributed by atoms with Gasteiger partial charge in [0.15, 0.2) is 0 Å². The van der Waals surface area contributed by atoms with Gasteiger partial charge in [0.2, 0.25) is 0 Å². The summed E-state index contributed by atoms with van der Waals surface area (Å²) < 4.78 is 13.2. The Morgan fingerprint density at radius 2 is 1.81 bits per heavy atom. The minimum Gasteiger partial charge on any atom is -0.339 e. The molecule has 3 heterocycles. The molecule has 1 amide bonds. The number of likely N-dealkylation sites (tertiary alicyclic amines) is 1. The Bertz CT molecular complexity index is 1070. The van der Waals surface area contributed by atoms with E-state index in [4.69, 9.17) is 11.6 Å². The monoisotopic (exact) mass is 438 g/mol. The van der Waals surface area contributed by atoms with Crippen LogP contribution in [0.4, 0.5) is 4.39 Å². The summed E-state index contributed by atoms with van der Waals surface area (Å²) in [5.74, 6) is 0.0118.